The van der Waals surface area contributed by atoms with E-state index in [4.69, 9.17) is 15.2 Å². The Balaban J connectivity index is 1.82. The van der Waals surface area contributed by atoms with E-state index in [1.54, 1.807) is 54.6 Å². The highest BCUT2D eigenvalue weighted by molar-refractivity contribution is 7.92. The summed E-state index contributed by atoms with van der Waals surface area (Å²) in [5.74, 6) is -1.22. The van der Waals surface area contributed by atoms with Crippen LogP contribution in [0.4, 0.5) is 5.69 Å². The molecule has 0 heterocycles. The number of carbonyl (C=O) groups is 2. The molecule has 1 amide bonds. The molecule has 2 N–H and O–H groups in total. The molecule has 3 aromatic carbocycles. The summed E-state index contributed by atoms with van der Waals surface area (Å²) < 4.78 is 37.7. The molecule has 0 unspecified atom stereocenters. The topological polar surface area (TPSA) is 116 Å². The second kappa shape index (κ2) is 9.52. The van der Waals surface area contributed by atoms with Crippen LogP contribution in [-0.2, 0) is 19.6 Å². The first-order valence-corrected chi connectivity index (χ1v) is 11.0. The van der Waals surface area contributed by atoms with Gasteiger partial charge in [-0.15, -0.1) is 0 Å². The van der Waals surface area contributed by atoms with Crippen LogP contribution in [0, 0.1) is 0 Å². The van der Waals surface area contributed by atoms with Crippen molar-refractivity contribution in [3.63, 3.8) is 0 Å². The first-order chi connectivity index (χ1) is 15.3. The summed E-state index contributed by atoms with van der Waals surface area (Å²) in [6.07, 6.45) is -1.26. The monoisotopic (exact) mass is 454 g/mol. The van der Waals surface area contributed by atoms with E-state index in [2.05, 4.69) is 0 Å². The average molecular weight is 455 g/mol. The van der Waals surface area contributed by atoms with Gasteiger partial charge in [0.25, 0.3) is 15.9 Å². The van der Waals surface area contributed by atoms with Crippen molar-refractivity contribution in [3.05, 3.63) is 90.0 Å². The van der Waals surface area contributed by atoms with E-state index in [9.17, 15) is 18.0 Å². The number of para-hydroxylation sites is 2. The molecule has 0 aliphatic carbocycles. The maximum Gasteiger partial charge on any atom is 0.339 e. The van der Waals surface area contributed by atoms with Crippen molar-refractivity contribution in [3.8, 4) is 5.75 Å². The number of nitrogens with two attached hydrogens (primary N) is 1. The summed E-state index contributed by atoms with van der Waals surface area (Å²) in [7, 11) is -1.06. The van der Waals surface area contributed by atoms with Gasteiger partial charge < -0.3 is 15.2 Å². The van der Waals surface area contributed by atoms with Crippen LogP contribution in [0.25, 0.3) is 0 Å². The Bertz CT molecular complexity index is 1210. The van der Waals surface area contributed by atoms with E-state index in [0.29, 0.717) is 17.0 Å². The van der Waals surface area contributed by atoms with Gasteiger partial charge in [-0.25, -0.2) is 13.2 Å². The minimum atomic E-state index is -3.92. The zero-order valence-electron chi connectivity index (χ0n) is 17.5. The number of ether oxygens (including phenoxy) is 2. The summed E-state index contributed by atoms with van der Waals surface area (Å²) in [6.45, 7) is 0. The van der Waals surface area contributed by atoms with Crippen molar-refractivity contribution < 1.29 is 27.5 Å². The quantitative estimate of drug-likeness (QED) is 0.523. The first-order valence-electron chi connectivity index (χ1n) is 9.53. The summed E-state index contributed by atoms with van der Waals surface area (Å²) in [6, 6.07) is 20.3. The van der Waals surface area contributed by atoms with Gasteiger partial charge in [0.15, 0.2) is 0 Å². The van der Waals surface area contributed by atoms with Crippen LogP contribution in [0.15, 0.2) is 83.8 Å². The fourth-order valence-electron chi connectivity index (χ4n) is 3.03. The molecule has 8 nitrogen and oxygen atoms in total. The molecule has 166 valence electrons. The molecule has 32 heavy (non-hydrogen) atoms. The Kier molecular flexibility index (Phi) is 6.79. The molecule has 0 fully saturated rings. The zero-order valence-corrected chi connectivity index (χ0v) is 18.3. The van der Waals surface area contributed by atoms with Gasteiger partial charge in [-0.1, -0.05) is 42.5 Å². The smallest absolute Gasteiger partial charge is 0.339 e. The van der Waals surface area contributed by atoms with Crippen LogP contribution < -0.4 is 14.8 Å². The molecule has 3 aromatic rings. The minimum absolute atomic E-state index is 0.0306. The average Bonchev–Trinajstić information content (AvgIpc) is 2.82. The summed E-state index contributed by atoms with van der Waals surface area (Å²) >= 11 is 0. The molecule has 0 radical (unpaired) electrons. The van der Waals surface area contributed by atoms with E-state index < -0.39 is 28.0 Å². The Labute approximate surface area is 186 Å². The van der Waals surface area contributed by atoms with Gasteiger partial charge in [-0.05, 0) is 36.4 Å². The number of carbonyl (C=O) groups excluding carboxylic acids is 2. The summed E-state index contributed by atoms with van der Waals surface area (Å²) in [5.41, 5.74) is 6.25. The van der Waals surface area contributed by atoms with E-state index in [1.807, 2.05) is 0 Å². The first kappa shape index (κ1) is 22.8. The number of hydrogen-bond acceptors (Lipinski definition) is 6. The molecule has 0 bridgehead atoms. The molecule has 0 aliphatic rings. The van der Waals surface area contributed by atoms with Gasteiger partial charge in [0, 0.05) is 12.6 Å². The van der Waals surface area contributed by atoms with Crippen molar-refractivity contribution in [2.75, 3.05) is 18.5 Å². The number of nitrogens with zero attached hydrogens (tertiary/aromatic N) is 1. The lowest BCUT2D eigenvalue weighted by Gasteiger charge is -2.21. The molecule has 3 rings (SSSR count). The number of sulfonamides is 1. The lowest BCUT2D eigenvalue weighted by atomic mass is 10.1. The van der Waals surface area contributed by atoms with Crippen molar-refractivity contribution in [1.82, 2.24) is 0 Å². The number of hydrogen-bond donors (Lipinski definition) is 1. The highest BCUT2D eigenvalue weighted by Crippen LogP contribution is 2.31. The molecule has 9 heteroatoms. The Morgan fingerprint density at radius 1 is 0.906 bits per heavy atom. The number of esters is 1. The fraction of sp³-hybridized carbons (Fsp3) is 0.130. The number of amides is 1. The van der Waals surface area contributed by atoms with Crippen LogP contribution in [0.5, 0.6) is 5.75 Å². The number of anilines is 1. The minimum Gasteiger partial charge on any atom is -0.495 e. The van der Waals surface area contributed by atoms with Crippen molar-refractivity contribution in [2.45, 2.75) is 11.0 Å². The Morgan fingerprint density at radius 3 is 2.09 bits per heavy atom. The van der Waals surface area contributed by atoms with Crippen LogP contribution in [0.2, 0.25) is 0 Å². The highest BCUT2D eigenvalue weighted by atomic mass is 32.2. The standard InChI is InChI=1S/C23H22N2O6S/c1-25(19-10-6-7-11-20(19)30-2)32(28,29)18-14-12-17(13-15-18)23(27)31-21(22(24)26)16-8-4-3-5-9-16/h3-15,21H,1-2H3,(H2,24,26)/t21-/m1/s1. The second-order valence-electron chi connectivity index (χ2n) is 6.77. The van der Waals surface area contributed by atoms with Gasteiger partial charge >= 0.3 is 5.97 Å². The maximum absolute atomic E-state index is 13.0. The third-order valence-corrected chi connectivity index (χ3v) is 6.54. The SMILES string of the molecule is COc1ccccc1N(C)S(=O)(=O)c1ccc(C(=O)O[C@@H](C(N)=O)c2ccccc2)cc1. The van der Waals surface area contributed by atoms with Crippen LogP contribution in [-0.4, -0.2) is 34.5 Å². The van der Waals surface area contributed by atoms with Gasteiger partial charge in [0.1, 0.15) is 5.75 Å². The Hall–Kier alpha value is -3.85. The summed E-state index contributed by atoms with van der Waals surface area (Å²) in [5, 5.41) is 0. The second-order valence-corrected chi connectivity index (χ2v) is 8.74. The number of primary amides is 1. The maximum atomic E-state index is 13.0. The number of rotatable bonds is 8. The number of methoxy groups -OCH3 is 1. The van der Waals surface area contributed by atoms with E-state index in [1.165, 1.54) is 38.4 Å². The predicted octanol–water partition coefficient (Wildman–Crippen LogP) is 2.90. The van der Waals surface area contributed by atoms with E-state index >= 15 is 0 Å². The number of benzene rings is 3. The van der Waals surface area contributed by atoms with Crippen LogP contribution in [0.1, 0.15) is 22.0 Å². The predicted molar refractivity (Wildman–Crippen MR) is 119 cm³/mol. The third-order valence-electron chi connectivity index (χ3n) is 4.76. The molecule has 0 aliphatic heterocycles. The lowest BCUT2D eigenvalue weighted by molar-refractivity contribution is -0.127. The van der Waals surface area contributed by atoms with Crippen molar-refractivity contribution in [1.29, 1.82) is 0 Å². The van der Waals surface area contributed by atoms with Gasteiger partial charge in [-0.2, -0.15) is 0 Å². The van der Waals surface area contributed by atoms with Crippen molar-refractivity contribution in [2.24, 2.45) is 5.73 Å². The van der Waals surface area contributed by atoms with Gasteiger partial charge in [0.2, 0.25) is 6.10 Å². The molecule has 0 spiro atoms. The van der Waals surface area contributed by atoms with Gasteiger partial charge in [0.05, 0.1) is 23.3 Å². The summed E-state index contributed by atoms with van der Waals surface area (Å²) in [4.78, 5) is 24.3. The fourth-order valence-corrected chi connectivity index (χ4v) is 4.24. The van der Waals surface area contributed by atoms with Crippen molar-refractivity contribution >= 4 is 27.6 Å². The molecular formula is C23H22N2O6S. The highest BCUT2D eigenvalue weighted by Gasteiger charge is 2.26. The van der Waals surface area contributed by atoms with Crippen LogP contribution >= 0.6 is 0 Å². The molecule has 1 atom stereocenters. The third kappa shape index (κ3) is 4.73. The van der Waals surface area contributed by atoms with E-state index in [-0.39, 0.29) is 10.5 Å². The van der Waals surface area contributed by atoms with E-state index in [0.717, 1.165) is 4.31 Å². The molecule has 0 saturated carbocycles. The molecule has 0 aromatic heterocycles. The Morgan fingerprint density at radius 2 is 1.50 bits per heavy atom. The molecule has 0 saturated heterocycles. The molecular weight excluding hydrogens is 432 g/mol. The van der Waals surface area contributed by atoms with Crippen LogP contribution in [0.3, 0.4) is 0 Å². The zero-order chi connectivity index (χ0) is 23.3. The van der Waals surface area contributed by atoms with Gasteiger partial charge in [-0.3, -0.25) is 9.10 Å². The largest absolute Gasteiger partial charge is 0.495 e. The normalized spacial score (nSPS) is 11.9. The lowest BCUT2D eigenvalue weighted by Crippen LogP contribution is -2.27.